The van der Waals surface area contributed by atoms with E-state index in [4.69, 9.17) is 14.2 Å². The van der Waals surface area contributed by atoms with Crippen LogP contribution in [0.15, 0.2) is 30.3 Å². The zero-order valence-corrected chi connectivity index (χ0v) is 17.2. The average Bonchev–Trinajstić information content (AvgIpc) is 3.29. The Bertz CT molecular complexity index is 1210. The highest BCUT2D eigenvalue weighted by molar-refractivity contribution is 5.84. The molecule has 10 heteroatoms. The Morgan fingerprint density at radius 3 is 2.66 bits per heavy atom. The molecule has 2 aliphatic rings. The Morgan fingerprint density at radius 1 is 1.16 bits per heavy atom. The van der Waals surface area contributed by atoms with Crippen molar-refractivity contribution in [3.8, 4) is 17.2 Å². The second-order valence-electron chi connectivity index (χ2n) is 7.86. The summed E-state index contributed by atoms with van der Waals surface area (Å²) in [5.41, 5.74) is 2.14. The Morgan fingerprint density at radius 2 is 1.91 bits per heavy atom. The maximum atomic E-state index is 13.6. The largest absolute Gasteiger partial charge is 0.490 e. The second kappa shape index (κ2) is 7.61. The number of imidazole rings is 1. The lowest BCUT2D eigenvalue weighted by Crippen LogP contribution is -2.29. The van der Waals surface area contributed by atoms with Crippen molar-refractivity contribution in [2.24, 2.45) is 0 Å². The Labute approximate surface area is 181 Å². The van der Waals surface area contributed by atoms with Gasteiger partial charge in [0, 0.05) is 25.1 Å². The van der Waals surface area contributed by atoms with Crippen LogP contribution in [0.3, 0.4) is 0 Å². The van der Waals surface area contributed by atoms with Gasteiger partial charge in [-0.05, 0) is 24.1 Å². The van der Waals surface area contributed by atoms with E-state index in [1.807, 2.05) is 25.1 Å². The normalized spacial score (nSPS) is 17.2. The van der Waals surface area contributed by atoms with Crippen LogP contribution in [0.1, 0.15) is 23.9 Å². The minimum Gasteiger partial charge on any atom is -0.490 e. The van der Waals surface area contributed by atoms with Gasteiger partial charge < -0.3 is 24.1 Å². The fourth-order valence-corrected chi connectivity index (χ4v) is 4.02. The highest BCUT2D eigenvalue weighted by Gasteiger charge is 2.38. The molecule has 5 rings (SSSR count). The molecule has 1 aromatic heterocycles. The van der Waals surface area contributed by atoms with Crippen LogP contribution in [0.4, 0.5) is 13.2 Å². The maximum absolute atomic E-state index is 13.6. The molecule has 2 aromatic carbocycles. The van der Waals surface area contributed by atoms with E-state index in [2.05, 4.69) is 10.3 Å². The zero-order chi connectivity index (χ0) is 22.5. The number of alkyl halides is 3. The number of carbonyl (C=O) groups is 1. The minimum atomic E-state index is -4.72. The molecule has 1 atom stereocenters. The lowest BCUT2D eigenvalue weighted by Gasteiger charge is -2.18. The number of halogens is 3. The summed E-state index contributed by atoms with van der Waals surface area (Å²) in [7, 11) is 0. The molecule has 0 fully saturated rings. The van der Waals surface area contributed by atoms with Gasteiger partial charge in [0.25, 0.3) is 0 Å². The number of ether oxygens (including phenoxy) is 3. The van der Waals surface area contributed by atoms with E-state index in [-0.39, 0.29) is 23.7 Å². The van der Waals surface area contributed by atoms with E-state index in [0.717, 1.165) is 27.9 Å². The summed E-state index contributed by atoms with van der Waals surface area (Å²) in [5.74, 6) is -0.222. The first kappa shape index (κ1) is 20.5. The summed E-state index contributed by atoms with van der Waals surface area (Å²) in [6.45, 7) is 2.24. The number of fused-ring (bicyclic) bond motifs is 3. The summed E-state index contributed by atoms with van der Waals surface area (Å²) < 4.78 is 58.3. The van der Waals surface area contributed by atoms with Gasteiger partial charge in [-0.1, -0.05) is 12.1 Å². The predicted octanol–water partition coefficient (Wildman–Crippen LogP) is 3.47. The summed E-state index contributed by atoms with van der Waals surface area (Å²) >= 11 is 0. The fourth-order valence-electron chi connectivity index (χ4n) is 4.02. The molecule has 1 N–H and O–H groups in total. The van der Waals surface area contributed by atoms with E-state index in [9.17, 15) is 18.0 Å². The Kier molecular flexibility index (Phi) is 4.87. The highest BCUT2D eigenvalue weighted by Crippen LogP contribution is 2.38. The molecule has 1 unspecified atom stereocenters. The highest BCUT2D eigenvalue weighted by atomic mass is 19.4. The SMILES string of the molecule is CC1Cc2cc(CNC(=O)Cn3c(C(F)(F)F)nc4cc5c(cc43)OCCO5)ccc2O1. The van der Waals surface area contributed by atoms with Crippen LogP contribution in [0.5, 0.6) is 17.2 Å². The van der Waals surface area contributed by atoms with Gasteiger partial charge in [-0.25, -0.2) is 4.98 Å². The third kappa shape index (κ3) is 3.80. The van der Waals surface area contributed by atoms with Gasteiger partial charge in [0.1, 0.15) is 31.6 Å². The first-order valence-corrected chi connectivity index (χ1v) is 10.2. The molecule has 1 amide bonds. The van der Waals surface area contributed by atoms with Crippen molar-refractivity contribution >= 4 is 16.9 Å². The van der Waals surface area contributed by atoms with Gasteiger partial charge in [0.15, 0.2) is 11.5 Å². The van der Waals surface area contributed by atoms with Crippen molar-refractivity contribution in [2.45, 2.75) is 38.7 Å². The predicted molar refractivity (Wildman–Crippen MR) is 108 cm³/mol. The van der Waals surface area contributed by atoms with Crippen molar-refractivity contribution in [3.05, 3.63) is 47.3 Å². The first-order chi connectivity index (χ1) is 15.3. The van der Waals surface area contributed by atoms with E-state index >= 15 is 0 Å². The van der Waals surface area contributed by atoms with Gasteiger partial charge in [0.05, 0.1) is 11.0 Å². The average molecular weight is 447 g/mol. The minimum absolute atomic E-state index is 0.0853. The summed E-state index contributed by atoms with van der Waals surface area (Å²) in [6.07, 6.45) is -3.84. The quantitative estimate of drug-likeness (QED) is 0.663. The molecule has 3 aromatic rings. The third-order valence-corrected chi connectivity index (χ3v) is 5.42. The molecule has 7 nitrogen and oxygen atoms in total. The lowest BCUT2D eigenvalue weighted by molar-refractivity contribution is -0.147. The van der Waals surface area contributed by atoms with Crippen LogP contribution in [0.25, 0.3) is 11.0 Å². The second-order valence-corrected chi connectivity index (χ2v) is 7.86. The van der Waals surface area contributed by atoms with Gasteiger partial charge in [0.2, 0.25) is 11.7 Å². The molecular weight excluding hydrogens is 427 g/mol. The summed E-state index contributed by atoms with van der Waals surface area (Å²) in [4.78, 5) is 16.3. The van der Waals surface area contributed by atoms with Crippen molar-refractivity contribution in [3.63, 3.8) is 0 Å². The number of aromatic nitrogens is 2. The van der Waals surface area contributed by atoms with Crippen LogP contribution in [-0.2, 0) is 30.5 Å². The molecule has 0 saturated heterocycles. The standard InChI is InChI=1S/C22H20F3N3O4/c1-12-6-14-7-13(2-3-17(14)32-12)10-26-20(29)11-28-16-9-19-18(30-4-5-31-19)8-15(16)27-21(28)22(23,24)25/h2-3,7-9,12H,4-6,10-11H2,1H3,(H,26,29). The maximum Gasteiger partial charge on any atom is 0.449 e. The molecule has 0 saturated carbocycles. The first-order valence-electron chi connectivity index (χ1n) is 10.2. The van der Waals surface area contributed by atoms with Crippen LogP contribution in [0, 0.1) is 0 Å². The number of nitrogens with one attached hydrogen (secondary N) is 1. The third-order valence-electron chi connectivity index (χ3n) is 5.42. The van der Waals surface area contributed by atoms with E-state index in [0.29, 0.717) is 24.7 Å². The molecule has 2 aliphatic heterocycles. The van der Waals surface area contributed by atoms with E-state index in [1.54, 1.807) is 0 Å². The van der Waals surface area contributed by atoms with Crippen LogP contribution in [-0.4, -0.2) is 34.8 Å². The monoisotopic (exact) mass is 447 g/mol. The summed E-state index contributed by atoms with van der Waals surface area (Å²) in [6, 6.07) is 8.45. The van der Waals surface area contributed by atoms with Gasteiger partial charge in [-0.2, -0.15) is 13.2 Å². The molecule has 0 spiro atoms. The molecule has 3 heterocycles. The number of amides is 1. The number of carbonyl (C=O) groups excluding carboxylic acids is 1. The topological polar surface area (TPSA) is 74.6 Å². The van der Waals surface area contributed by atoms with Crippen LogP contribution in [0.2, 0.25) is 0 Å². The Balaban J connectivity index is 1.38. The van der Waals surface area contributed by atoms with E-state index in [1.165, 1.54) is 12.1 Å². The number of rotatable bonds is 4. The molecule has 0 bridgehead atoms. The molecule has 0 aliphatic carbocycles. The number of hydrogen-bond acceptors (Lipinski definition) is 5. The molecule has 168 valence electrons. The summed E-state index contributed by atoms with van der Waals surface area (Å²) in [5, 5.41) is 2.69. The van der Waals surface area contributed by atoms with Crippen LogP contribution < -0.4 is 19.5 Å². The number of benzene rings is 2. The number of hydrogen-bond donors (Lipinski definition) is 1. The smallest absolute Gasteiger partial charge is 0.449 e. The van der Waals surface area contributed by atoms with E-state index < -0.39 is 24.5 Å². The molecule has 32 heavy (non-hydrogen) atoms. The lowest BCUT2D eigenvalue weighted by atomic mass is 10.1. The fraction of sp³-hybridized carbons (Fsp3) is 0.364. The van der Waals surface area contributed by atoms with Crippen molar-refractivity contribution in [2.75, 3.05) is 13.2 Å². The van der Waals surface area contributed by atoms with Gasteiger partial charge in [-0.3, -0.25) is 4.79 Å². The van der Waals surface area contributed by atoms with Crippen molar-refractivity contribution in [1.29, 1.82) is 0 Å². The zero-order valence-electron chi connectivity index (χ0n) is 17.2. The van der Waals surface area contributed by atoms with Gasteiger partial charge >= 0.3 is 6.18 Å². The van der Waals surface area contributed by atoms with Gasteiger partial charge in [-0.15, -0.1) is 0 Å². The van der Waals surface area contributed by atoms with Crippen LogP contribution >= 0.6 is 0 Å². The number of nitrogens with zero attached hydrogens (tertiary/aromatic N) is 2. The molecular formula is C22H20F3N3O4. The van der Waals surface area contributed by atoms with Crippen molar-refractivity contribution < 1.29 is 32.2 Å². The Hall–Kier alpha value is -3.43. The molecule has 0 radical (unpaired) electrons. The van der Waals surface area contributed by atoms with Crippen molar-refractivity contribution in [1.82, 2.24) is 14.9 Å².